The lowest BCUT2D eigenvalue weighted by Gasteiger charge is -2.18. The fourth-order valence-corrected chi connectivity index (χ4v) is 3.54. The van der Waals surface area contributed by atoms with Gasteiger partial charge in [-0.25, -0.2) is 0 Å². The number of amides is 1. The van der Waals surface area contributed by atoms with Crippen molar-refractivity contribution in [3.05, 3.63) is 23.8 Å². The Labute approximate surface area is 131 Å². The van der Waals surface area contributed by atoms with Crippen LogP contribution in [0.15, 0.2) is 18.2 Å². The monoisotopic (exact) mass is 304 g/mol. The van der Waals surface area contributed by atoms with Crippen LogP contribution in [0.2, 0.25) is 0 Å². The van der Waals surface area contributed by atoms with E-state index in [1.807, 2.05) is 23.1 Å². The summed E-state index contributed by atoms with van der Waals surface area (Å²) < 4.78 is 10.6. The van der Waals surface area contributed by atoms with Crippen molar-refractivity contribution in [1.29, 1.82) is 0 Å². The van der Waals surface area contributed by atoms with E-state index >= 15 is 0 Å². The maximum Gasteiger partial charge on any atom is 0.222 e. The molecule has 120 valence electrons. The topological polar surface area (TPSA) is 50.8 Å². The quantitative estimate of drug-likeness (QED) is 0.891. The first-order valence-electron chi connectivity index (χ1n) is 7.90. The summed E-state index contributed by atoms with van der Waals surface area (Å²) in [5, 5.41) is 3.40. The van der Waals surface area contributed by atoms with Crippen molar-refractivity contribution in [1.82, 2.24) is 10.2 Å². The lowest BCUT2D eigenvalue weighted by atomic mass is 10.0. The van der Waals surface area contributed by atoms with Crippen LogP contribution in [0, 0.1) is 11.8 Å². The zero-order valence-corrected chi connectivity index (χ0v) is 13.3. The highest BCUT2D eigenvalue weighted by atomic mass is 16.5. The number of methoxy groups -OCH3 is 2. The molecule has 2 atom stereocenters. The molecule has 0 spiro atoms. The van der Waals surface area contributed by atoms with Crippen LogP contribution in [0.5, 0.6) is 11.5 Å². The summed E-state index contributed by atoms with van der Waals surface area (Å²) >= 11 is 0. The standard InChI is InChI=1S/C17H24N2O3/c1-21-15-4-5-16(22-2)12(7-15)3-6-17(20)19-10-13-8-18-9-14(13)11-19/h4-5,7,13-14,18H,3,6,8-11H2,1-2H3/t13-,14+. The predicted octanol–water partition coefficient (Wildman–Crippen LogP) is 1.31. The van der Waals surface area contributed by atoms with Crippen LogP contribution >= 0.6 is 0 Å². The summed E-state index contributed by atoms with van der Waals surface area (Å²) in [6.07, 6.45) is 1.21. The van der Waals surface area contributed by atoms with Crippen LogP contribution in [0.25, 0.3) is 0 Å². The third-order valence-electron chi connectivity index (χ3n) is 4.84. The molecule has 0 radical (unpaired) electrons. The van der Waals surface area contributed by atoms with E-state index in [1.165, 1.54) is 0 Å². The molecule has 2 heterocycles. The van der Waals surface area contributed by atoms with Gasteiger partial charge >= 0.3 is 0 Å². The van der Waals surface area contributed by atoms with Crippen LogP contribution < -0.4 is 14.8 Å². The highest BCUT2D eigenvalue weighted by molar-refractivity contribution is 5.77. The van der Waals surface area contributed by atoms with Crippen LogP contribution in [-0.4, -0.2) is 51.2 Å². The van der Waals surface area contributed by atoms with Gasteiger partial charge in [-0.05, 0) is 42.0 Å². The van der Waals surface area contributed by atoms with Gasteiger partial charge < -0.3 is 19.7 Å². The molecule has 0 aliphatic carbocycles. The fraction of sp³-hybridized carbons (Fsp3) is 0.588. The molecule has 0 aromatic heterocycles. The number of hydrogen-bond acceptors (Lipinski definition) is 4. The maximum absolute atomic E-state index is 12.4. The van der Waals surface area contributed by atoms with E-state index in [9.17, 15) is 4.79 Å². The largest absolute Gasteiger partial charge is 0.497 e. The SMILES string of the molecule is COc1ccc(OC)c(CCC(=O)N2C[C@H]3CNC[C@H]3C2)c1. The second-order valence-electron chi connectivity index (χ2n) is 6.15. The number of likely N-dealkylation sites (tertiary alicyclic amines) is 1. The van der Waals surface area contributed by atoms with Crippen molar-refractivity contribution in [2.24, 2.45) is 11.8 Å². The van der Waals surface area contributed by atoms with Crippen molar-refractivity contribution in [2.45, 2.75) is 12.8 Å². The number of benzene rings is 1. The first-order valence-corrected chi connectivity index (χ1v) is 7.90. The van der Waals surface area contributed by atoms with E-state index in [-0.39, 0.29) is 5.91 Å². The average Bonchev–Trinajstić information content (AvgIpc) is 3.13. The highest BCUT2D eigenvalue weighted by Gasteiger charge is 2.37. The van der Waals surface area contributed by atoms with Crippen molar-refractivity contribution in [2.75, 3.05) is 40.4 Å². The minimum absolute atomic E-state index is 0.249. The number of hydrogen-bond donors (Lipinski definition) is 1. The fourth-order valence-electron chi connectivity index (χ4n) is 3.54. The summed E-state index contributed by atoms with van der Waals surface area (Å²) in [5.74, 6) is 3.16. The van der Waals surface area contributed by atoms with Crippen LogP contribution in [0.1, 0.15) is 12.0 Å². The molecule has 0 unspecified atom stereocenters. The molecular formula is C17H24N2O3. The highest BCUT2D eigenvalue weighted by Crippen LogP contribution is 2.28. The molecular weight excluding hydrogens is 280 g/mol. The first-order chi connectivity index (χ1) is 10.7. The summed E-state index contributed by atoms with van der Waals surface area (Å²) in [6, 6.07) is 5.72. The summed E-state index contributed by atoms with van der Waals surface area (Å²) in [6.45, 7) is 3.92. The number of fused-ring (bicyclic) bond motifs is 1. The van der Waals surface area contributed by atoms with Crippen molar-refractivity contribution < 1.29 is 14.3 Å². The summed E-state index contributed by atoms with van der Waals surface area (Å²) in [7, 11) is 3.30. The van der Waals surface area contributed by atoms with Gasteiger partial charge in [-0.2, -0.15) is 0 Å². The van der Waals surface area contributed by atoms with Crippen molar-refractivity contribution in [3.8, 4) is 11.5 Å². The Kier molecular flexibility index (Phi) is 4.52. The minimum atomic E-state index is 0.249. The molecule has 22 heavy (non-hydrogen) atoms. The molecule has 2 fully saturated rings. The van der Waals surface area contributed by atoms with E-state index in [0.717, 1.165) is 43.2 Å². The smallest absolute Gasteiger partial charge is 0.222 e. The van der Waals surface area contributed by atoms with Gasteiger partial charge in [0, 0.05) is 32.6 Å². The van der Waals surface area contributed by atoms with E-state index in [2.05, 4.69) is 5.32 Å². The molecule has 1 amide bonds. The maximum atomic E-state index is 12.4. The van der Waals surface area contributed by atoms with Crippen molar-refractivity contribution >= 4 is 5.91 Å². The number of rotatable bonds is 5. The summed E-state index contributed by atoms with van der Waals surface area (Å²) in [5.41, 5.74) is 1.02. The number of aryl methyl sites for hydroxylation is 1. The van der Waals surface area contributed by atoms with E-state index in [4.69, 9.17) is 9.47 Å². The van der Waals surface area contributed by atoms with Gasteiger partial charge in [0.15, 0.2) is 0 Å². The third-order valence-corrected chi connectivity index (χ3v) is 4.84. The first kappa shape index (κ1) is 15.2. The molecule has 3 rings (SSSR count). The van der Waals surface area contributed by atoms with Crippen molar-refractivity contribution in [3.63, 3.8) is 0 Å². The van der Waals surface area contributed by atoms with Gasteiger partial charge in [0.25, 0.3) is 0 Å². The number of nitrogens with zero attached hydrogens (tertiary/aromatic N) is 1. The second-order valence-corrected chi connectivity index (χ2v) is 6.15. The Morgan fingerprint density at radius 2 is 1.95 bits per heavy atom. The van der Waals surface area contributed by atoms with Crippen LogP contribution in [0.4, 0.5) is 0 Å². The average molecular weight is 304 g/mol. The Morgan fingerprint density at radius 1 is 1.23 bits per heavy atom. The molecule has 2 aliphatic heterocycles. The molecule has 1 aromatic rings. The normalized spacial score (nSPS) is 23.5. The van der Waals surface area contributed by atoms with Gasteiger partial charge in [-0.1, -0.05) is 0 Å². The van der Waals surface area contributed by atoms with E-state index in [1.54, 1.807) is 14.2 Å². The van der Waals surface area contributed by atoms with Crippen LogP contribution in [0.3, 0.4) is 0 Å². The Hall–Kier alpha value is -1.75. The number of carbonyl (C=O) groups is 1. The lowest BCUT2D eigenvalue weighted by Crippen LogP contribution is -2.32. The van der Waals surface area contributed by atoms with Gasteiger partial charge in [0.1, 0.15) is 11.5 Å². The van der Waals surface area contributed by atoms with E-state index < -0.39 is 0 Å². The molecule has 1 aromatic carbocycles. The molecule has 0 bridgehead atoms. The van der Waals surface area contributed by atoms with Gasteiger partial charge in [0.05, 0.1) is 14.2 Å². The molecule has 5 nitrogen and oxygen atoms in total. The molecule has 2 aliphatic rings. The second kappa shape index (κ2) is 6.57. The number of ether oxygens (including phenoxy) is 2. The molecule has 1 N–H and O–H groups in total. The zero-order chi connectivity index (χ0) is 15.5. The van der Waals surface area contributed by atoms with Gasteiger partial charge in [-0.3, -0.25) is 4.79 Å². The Balaban J connectivity index is 1.59. The predicted molar refractivity (Wildman–Crippen MR) is 84.3 cm³/mol. The van der Waals surface area contributed by atoms with E-state index in [0.29, 0.717) is 24.7 Å². The lowest BCUT2D eigenvalue weighted by molar-refractivity contribution is -0.130. The minimum Gasteiger partial charge on any atom is -0.497 e. The summed E-state index contributed by atoms with van der Waals surface area (Å²) in [4.78, 5) is 14.5. The number of nitrogens with one attached hydrogen (secondary N) is 1. The van der Waals surface area contributed by atoms with Gasteiger partial charge in [0.2, 0.25) is 5.91 Å². The van der Waals surface area contributed by atoms with Crippen LogP contribution in [-0.2, 0) is 11.2 Å². The third kappa shape index (κ3) is 3.04. The Bertz CT molecular complexity index is 535. The molecule has 0 saturated carbocycles. The number of carbonyl (C=O) groups excluding carboxylic acids is 1. The van der Waals surface area contributed by atoms with Gasteiger partial charge in [-0.15, -0.1) is 0 Å². The Morgan fingerprint density at radius 3 is 2.59 bits per heavy atom. The zero-order valence-electron chi connectivity index (χ0n) is 13.3. The molecule has 5 heteroatoms. The molecule has 2 saturated heterocycles.